The molecule has 0 aliphatic rings. The van der Waals surface area contributed by atoms with Crippen molar-refractivity contribution < 1.29 is 4.74 Å². The van der Waals surface area contributed by atoms with E-state index in [1.54, 1.807) is 7.05 Å². The van der Waals surface area contributed by atoms with Crippen LogP contribution in [-0.4, -0.2) is 47.4 Å². The molecule has 0 bridgehead atoms. The Balaban J connectivity index is 0.00000264. The van der Waals surface area contributed by atoms with Gasteiger partial charge in [-0.05, 0) is 18.6 Å². The van der Waals surface area contributed by atoms with Crippen molar-refractivity contribution in [3.8, 4) is 0 Å². The lowest BCUT2D eigenvalue weighted by atomic mass is 10.4. The Hall–Kier alpha value is -1.42. The standard InChI is InChI=1S/C15H24N6O.HI/c1-3-4-10-22-11-8-17-15(16-2)18-12-14-20-19-13-7-5-6-9-21(13)14;/h5-7,9H,3-4,8,10-12H2,1-2H3,(H2,16,17,18);1H. The Morgan fingerprint density at radius 2 is 2.13 bits per heavy atom. The lowest BCUT2D eigenvalue weighted by Crippen LogP contribution is -2.38. The number of fused-ring (bicyclic) bond motifs is 1. The number of hydrogen-bond acceptors (Lipinski definition) is 4. The van der Waals surface area contributed by atoms with Gasteiger partial charge in [-0.2, -0.15) is 0 Å². The summed E-state index contributed by atoms with van der Waals surface area (Å²) in [7, 11) is 1.75. The summed E-state index contributed by atoms with van der Waals surface area (Å²) in [5.74, 6) is 1.57. The van der Waals surface area contributed by atoms with Gasteiger partial charge in [0.05, 0.1) is 13.2 Å². The van der Waals surface area contributed by atoms with E-state index in [1.165, 1.54) is 0 Å². The summed E-state index contributed by atoms with van der Waals surface area (Å²) in [5.41, 5.74) is 0.839. The van der Waals surface area contributed by atoms with Crippen LogP contribution in [0.3, 0.4) is 0 Å². The van der Waals surface area contributed by atoms with Crippen LogP contribution in [0.15, 0.2) is 29.4 Å². The number of aromatic nitrogens is 3. The number of rotatable bonds is 8. The molecule has 0 spiro atoms. The zero-order valence-electron chi connectivity index (χ0n) is 13.7. The minimum absolute atomic E-state index is 0. The highest BCUT2D eigenvalue weighted by molar-refractivity contribution is 14.0. The van der Waals surface area contributed by atoms with Crippen LogP contribution in [0, 0.1) is 0 Å². The molecule has 8 heteroatoms. The van der Waals surface area contributed by atoms with Crippen molar-refractivity contribution in [1.29, 1.82) is 0 Å². The number of nitrogens with zero attached hydrogens (tertiary/aromatic N) is 4. The molecule has 23 heavy (non-hydrogen) atoms. The first-order chi connectivity index (χ1) is 10.8. The highest BCUT2D eigenvalue weighted by Crippen LogP contribution is 2.02. The Morgan fingerprint density at radius 1 is 1.26 bits per heavy atom. The van der Waals surface area contributed by atoms with Gasteiger partial charge in [-0.15, -0.1) is 34.2 Å². The average Bonchev–Trinajstić information content (AvgIpc) is 2.97. The van der Waals surface area contributed by atoms with E-state index in [1.807, 2.05) is 28.8 Å². The molecule has 0 aliphatic carbocycles. The number of nitrogens with one attached hydrogen (secondary N) is 2. The first-order valence-corrected chi connectivity index (χ1v) is 7.66. The molecule has 0 unspecified atom stereocenters. The zero-order valence-corrected chi connectivity index (χ0v) is 16.0. The van der Waals surface area contributed by atoms with Crippen molar-refractivity contribution in [2.24, 2.45) is 4.99 Å². The molecule has 2 aromatic rings. The van der Waals surface area contributed by atoms with Crippen molar-refractivity contribution in [1.82, 2.24) is 25.2 Å². The topological polar surface area (TPSA) is 75.8 Å². The number of hydrogen-bond donors (Lipinski definition) is 2. The van der Waals surface area contributed by atoms with Crippen LogP contribution in [-0.2, 0) is 11.3 Å². The minimum Gasteiger partial charge on any atom is -0.380 e. The van der Waals surface area contributed by atoms with Crippen LogP contribution in [0.2, 0.25) is 0 Å². The summed E-state index contributed by atoms with van der Waals surface area (Å²) in [6.45, 7) is 4.93. The zero-order chi connectivity index (χ0) is 15.6. The van der Waals surface area contributed by atoms with Gasteiger partial charge in [-0.3, -0.25) is 9.39 Å². The molecule has 128 valence electrons. The molecule has 2 N–H and O–H groups in total. The monoisotopic (exact) mass is 432 g/mol. The smallest absolute Gasteiger partial charge is 0.191 e. The SMILES string of the molecule is CCCCOCCNC(=NC)NCc1nnc2ccccn12.I. The van der Waals surface area contributed by atoms with Gasteiger partial charge in [0, 0.05) is 26.4 Å². The molecule has 0 saturated heterocycles. The van der Waals surface area contributed by atoms with E-state index >= 15 is 0 Å². The van der Waals surface area contributed by atoms with E-state index in [0.29, 0.717) is 13.2 Å². The number of pyridine rings is 1. The maximum Gasteiger partial charge on any atom is 0.191 e. The van der Waals surface area contributed by atoms with Gasteiger partial charge in [0.1, 0.15) is 0 Å². The van der Waals surface area contributed by atoms with Gasteiger partial charge in [-0.25, -0.2) is 0 Å². The van der Waals surface area contributed by atoms with Gasteiger partial charge in [0.2, 0.25) is 0 Å². The van der Waals surface area contributed by atoms with Crippen LogP contribution < -0.4 is 10.6 Å². The fourth-order valence-electron chi connectivity index (χ4n) is 1.98. The molecule has 7 nitrogen and oxygen atoms in total. The summed E-state index contributed by atoms with van der Waals surface area (Å²) in [4.78, 5) is 4.18. The predicted molar refractivity (Wildman–Crippen MR) is 102 cm³/mol. The maximum absolute atomic E-state index is 5.51. The number of unbranched alkanes of at least 4 members (excludes halogenated alkanes) is 1. The first kappa shape index (κ1) is 19.6. The molecule has 2 rings (SSSR count). The Bertz CT molecular complexity index is 600. The van der Waals surface area contributed by atoms with Crippen LogP contribution in [0.4, 0.5) is 0 Å². The van der Waals surface area contributed by atoms with E-state index < -0.39 is 0 Å². The van der Waals surface area contributed by atoms with Gasteiger partial charge < -0.3 is 15.4 Å². The molecule has 0 aliphatic heterocycles. The molecule has 2 heterocycles. The molecular formula is C15H25IN6O. The van der Waals surface area contributed by atoms with Gasteiger partial charge >= 0.3 is 0 Å². The highest BCUT2D eigenvalue weighted by Gasteiger charge is 2.05. The average molecular weight is 432 g/mol. The van der Waals surface area contributed by atoms with E-state index in [9.17, 15) is 0 Å². The molecule has 0 amide bonds. The van der Waals surface area contributed by atoms with Crippen LogP contribution in [0.25, 0.3) is 5.65 Å². The number of halogens is 1. The van der Waals surface area contributed by atoms with Crippen molar-refractivity contribution in [3.63, 3.8) is 0 Å². The summed E-state index contributed by atoms with van der Waals surface area (Å²) < 4.78 is 7.46. The van der Waals surface area contributed by atoms with Crippen molar-refractivity contribution in [2.75, 3.05) is 26.8 Å². The van der Waals surface area contributed by atoms with E-state index in [-0.39, 0.29) is 24.0 Å². The lowest BCUT2D eigenvalue weighted by Gasteiger charge is -2.11. The van der Waals surface area contributed by atoms with Gasteiger partial charge in [0.15, 0.2) is 17.4 Å². The maximum atomic E-state index is 5.51. The largest absolute Gasteiger partial charge is 0.380 e. The Labute approximate surface area is 153 Å². The number of guanidine groups is 1. The molecule has 0 saturated carbocycles. The quantitative estimate of drug-likeness (QED) is 0.288. The third-order valence-corrected chi connectivity index (χ3v) is 3.20. The second-order valence-corrected chi connectivity index (χ2v) is 4.86. The fraction of sp³-hybridized carbons (Fsp3) is 0.533. The van der Waals surface area contributed by atoms with Crippen molar-refractivity contribution >= 4 is 35.6 Å². The normalized spacial score (nSPS) is 11.3. The number of ether oxygens (including phenoxy) is 1. The van der Waals surface area contributed by atoms with Gasteiger partial charge in [0.25, 0.3) is 0 Å². The minimum atomic E-state index is 0. The summed E-state index contributed by atoms with van der Waals surface area (Å²) in [6, 6.07) is 5.83. The molecule has 0 atom stereocenters. The summed E-state index contributed by atoms with van der Waals surface area (Å²) >= 11 is 0. The molecule has 0 radical (unpaired) electrons. The van der Waals surface area contributed by atoms with E-state index in [0.717, 1.165) is 43.4 Å². The van der Waals surface area contributed by atoms with E-state index in [4.69, 9.17) is 4.74 Å². The third kappa shape index (κ3) is 6.30. The van der Waals surface area contributed by atoms with Gasteiger partial charge in [-0.1, -0.05) is 19.4 Å². The molecule has 2 aromatic heterocycles. The lowest BCUT2D eigenvalue weighted by molar-refractivity contribution is 0.136. The first-order valence-electron chi connectivity index (χ1n) is 7.66. The fourth-order valence-corrected chi connectivity index (χ4v) is 1.98. The Kier molecular flexibility index (Phi) is 9.53. The predicted octanol–water partition coefficient (Wildman–Crippen LogP) is 1.83. The summed E-state index contributed by atoms with van der Waals surface area (Å²) in [6.07, 6.45) is 4.21. The highest BCUT2D eigenvalue weighted by atomic mass is 127. The molecule has 0 fully saturated rings. The van der Waals surface area contributed by atoms with Crippen molar-refractivity contribution in [2.45, 2.75) is 26.3 Å². The van der Waals surface area contributed by atoms with Crippen LogP contribution in [0.5, 0.6) is 0 Å². The third-order valence-electron chi connectivity index (χ3n) is 3.20. The van der Waals surface area contributed by atoms with Crippen LogP contribution >= 0.6 is 24.0 Å². The Morgan fingerprint density at radius 3 is 2.91 bits per heavy atom. The second kappa shape index (κ2) is 11.2. The van der Waals surface area contributed by atoms with Crippen molar-refractivity contribution in [3.05, 3.63) is 30.2 Å². The second-order valence-electron chi connectivity index (χ2n) is 4.86. The molecular weight excluding hydrogens is 407 g/mol. The molecule has 0 aromatic carbocycles. The number of aliphatic imine (C=N–C) groups is 1. The van der Waals surface area contributed by atoms with E-state index in [2.05, 4.69) is 32.7 Å². The summed E-state index contributed by atoms with van der Waals surface area (Å²) in [5, 5.41) is 14.7. The van der Waals surface area contributed by atoms with Crippen LogP contribution in [0.1, 0.15) is 25.6 Å².